The van der Waals surface area contributed by atoms with Crippen LogP contribution in [0.25, 0.3) is 0 Å². The zero-order valence-electron chi connectivity index (χ0n) is 15.2. The van der Waals surface area contributed by atoms with Gasteiger partial charge in [0.05, 0.1) is 6.54 Å². The zero-order valence-corrected chi connectivity index (χ0v) is 15.2. The van der Waals surface area contributed by atoms with E-state index in [1.54, 1.807) is 4.90 Å². The van der Waals surface area contributed by atoms with Crippen molar-refractivity contribution in [1.29, 1.82) is 0 Å². The number of urea groups is 1. The Kier molecular flexibility index (Phi) is 7.34. The molecule has 2 fully saturated rings. The average Bonchev–Trinajstić information content (AvgIpc) is 2.54. The molecule has 24 heavy (non-hydrogen) atoms. The highest BCUT2D eigenvalue weighted by Gasteiger charge is 2.35. The molecule has 2 aliphatic rings. The summed E-state index contributed by atoms with van der Waals surface area (Å²) in [5.74, 6) is 0.00277. The standard InChI is InChI=1S/C18H33N3O3/c1-3-21(13-17(22)23)16-11-15(12-16)19-18(24)20(2)10-9-14-7-5-4-6-8-14/h14-16H,3-13H2,1-2H3,(H,19,24)(H,22,23). The molecule has 0 atom stereocenters. The van der Waals surface area contributed by atoms with Crippen LogP contribution >= 0.6 is 0 Å². The van der Waals surface area contributed by atoms with Crippen LogP contribution in [0.3, 0.4) is 0 Å². The summed E-state index contributed by atoms with van der Waals surface area (Å²) in [6.45, 7) is 3.63. The second-order valence-electron chi connectivity index (χ2n) is 7.44. The Morgan fingerprint density at radius 3 is 2.42 bits per heavy atom. The van der Waals surface area contributed by atoms with Gasteiger partial charge < -0.3 is 15.3 Å². The molecular weight excluding hydrogens is 306 g/mol. The Labute approximate surface area is 145 Å². The van der Waals surface area contributed by atoms with Crippen molar-refractivity contribution in [2.24, 2.45) is 5.92 Å². The molecule has 138 valence electrons. The molecule has 0 aliphatic heterocycles. The van der Waals surface area contributed by atoms with E-state index in [1.807, 2.05) is 18.9 Å². The number of rotatable bonds is 8. The Hall–Kier alpha value is -1.30. The fraction of sp³-hybridized carbons (Fsp3) is 0.889. The lowest BCUT2D eigenvalue weighted by atomic mass is 9.85. The van der Waals surface area contributed by atoms with E-state index in [-0.39, 0.29) is 24.7 Å². The predicted molar refractivity (Wildman–Crippen MR) is 94.0 cm³/mol. The smallest absolute Gasteiger partial charge is 0.317 e. The van der Waals surface area contributed by atoms with Gasteiger partial charge in [0.15, 0.2) is 0 Å². The second-order valence-corrected chi connectivity index (χ2v) is 7.44. The zero-order chi connectivity index (χ0) is 17.5. The minimum Gasteiger partial charge on any atom is -0.480 e. The number of hydrogen-bond acceptors (Lipinski definition) is 3. The SMILES string of the molecule is CCN(CC(=O)O)C1CC(NC(=O)N(C)CCC2CCCCC2)C1. The topological polar surface area (TPSA) is 72.9 Å². The van der Waals surface area contributed by atoms with Crippen LogP contribution in [0, 0.1) is 5.92 Å². The monoisotopic (exact) mass is 339 g/mol. The third-order valence-corrected chi connectivity index (χ3v) is 5.65. The number of nitrogens with zero attached hydrogens (tertiary/aromatic N) is 2. The predicted octanol–water partition coefficient (Wildman–Crippen LogP) is 2.54. The summed E-state index contributed by atoms with van der Waals surface area (Å²) >= 11 is 0. The fourth-order valence-corrected chi connectivity index (χ4v) is 3.92. The number of carbonyl (C=O) groups is 2. The summed E-state index contributed by atoms with van der Waals surface area (Å²) in [6, 6.07) is 0.474. The van der Waals surface area contributed by atoms with Crippen molar-refractivity contribution < 1.29 is 14.7 Å². The first-order valence-corrected chi connectivity index (χ1v) is 9.47. The first-order chi connectivity index (χ1) is 11.5. The molecule has 0 aromatic rings. The van der Waals surface area contributed by atoms with Crippen molar-refractivity contribution in [1.82, 2.24) is 15.1 Å². The summed E-state index contributed by atoms with van der Waals surface area (Å²) in [6.07, 6.45) is 9.49. The molecule has 0 aromatic carbocycles. The molecule has 0 bridgehead atoms. The van der Waals surface area contributed by atoms with Gasteiger partial charge >= 0.3 is 12.0 Å². The van der Waals surface area contributed by atoms with Crippen LogP contribution in [-0.4, -0.2) is 65.7 Å². The van der Waals surface area contributed by atoms with Crippen LogP contribution in [0.5, 0.6) is 0 Å². The lowest BCUT2D eigenvalue weighted by Crippen LogP contribution is -2.56. The van der Waals surface area contributed by atoms with Crippen molar-refractivity contribution in [2.45, 2.75) is 70.4 Å². The van der Waals surface area contributed by atoms with Gasteiger partial charge in [0.1, 0.15) is 0 Å². The molecule has 0 radical (unpaired) electrons. The molecular formula is C18H33N3O3. The number of amides is 2. The lowest BCUT2D eigenvalue weighted by molar-refractivity contribution is -0.139. The summed E-state index contributed by atoms with van der Waals surface area (Å²) in [4.78, 5) is 26.9. The van der Waals surface area contributed by atoms with Crippen LogP contribution in [0.15, 0.2) is 0 Å². The first-order valence-electron chi connectivity index (χ1n) is 9.47. The van der Waals surface area contributed by atoms with E-state index in [2.05, 4.69) is 5.32 Å². The molecule has 2 rings (SSSR count). The van der Waals surface area contributed by atoms with E-state index >= 15 is 0 Å². The number of carbonyl (C=O) groups excluding carboxylic acids is 1. The van der Waals surface area contributed by atoms with Gasteiger partial charge in [0.2, 0.25) is 0 Å². The van der Waals surface area contributed by atoms with E-state index in [1.165, 1.54) is 32.1 Å². The lowest BCUT2D eigenvalue weighted by Gasteiger charge is -2.42. The number of carboxylic acids is 1. The van der Waals surface area contributed by atoms with Crippen molar-refractivity contribution in [3.05, 3.63) is 0 Å². The van der Waals surface area contributed by atoms with Crippen molar-refractivity contribution in [3.8, 4) is 0 Å². The molecule has 0 spiro atoms. The molecule has 2 aliphatic carbocycles. The van der Waals surface area contributed by atoms with Gasteiger partial charge in [0.25, 0.3) is 0 Å². The third-order valence-electron chi connectivity index (χ3n) is 5.65. The Morgan fingerprint density at radius 1 is 1.17 bits per heavy atom. The van der Waals surface area contributed by atoms with Crippen molar-refractivity contribution >= 4 is 12.0 Å². The van der Waals surface area contributed by atoms with Crippen LogP contribution in [0.4, 0.5) is 4.79 Å². The number of likely N-dealkylation sites (N-methyl/N-ethyl adjacent to an activating group) is 1. The molecule has 0 saturated heterocycles. The van der Waals surface area contributed by atoms with Crippen LogP contribution < -0.4 is 5.32 Å². The van der Waals surface area contributed by atoms with Gasteiger partial charge in [-0.1, -0.05) is 39.0 Å². The van der Waals surface area contributed by atoms with Gasteiger partial charge in [-0.2, -0.15) is 0 Å². The quantitative estimate of drug-likeness (QED) is 0.713. The third kappa shape index (κ3) is 5.65. The molecule has 0 unspecified atom stereocenters. The number of aliphatic carboxylic acids is 1. The normalized spacial score (nSPS) is 24.5. The molecule has 2 saturated carbocycles. The van der Waals surface area contributed by atoms with Crippen LogP contribution in [-0.2, 0) is 4.79 Å². The van der Waals surface area contributed by atoms with Gasteiger partial charge in [-0.15, -0.1) is 0 Å². The summed E-state index contributed by atoms with van der Waals surface area (Å²) < 4.78 is 0. The molecule has 2 N–H and O–H groups in total. The largest absolute Gasteiger partial charge is 0.480 e. The maximum Gasteiger partial charge on any atom is 0.317 e. The Balaban J connectivity index is 1.63. The highest BCUT2D eigenvalue weighted by molar-refractivity contribution is 5.74. The number of nitrogens with one attached hydrogen (secondary N) is 1. The molecule has 2 amide bonds. The molecule has 6 nitrogen and oxygen atoms in total. The van der Waals surface area contributed by atoms with Crippen LogP contribution in [0.2, 0.25) is 0 Å². The molecule has 6 heteroatoms. The Bertz CT molecular complexity index is 418. The fourth-order valence-electron chi connectivity index (χ4n) is 3.92. The van der Waals surface area contributed by atoms with E-state index in [0.717, 1.165) is 38.3 Å². The van der Waals surface area contributed by atoms with Gasteiger partial charge in [-0.05, 0) is 31.7 Å². The highest BCUT2D eigenvalue weighted by Crippen LogP contribution is 2.27. The van der Waals surface area contributed by atoms with Crippen LogP contribution in [0.1, 0.15) is 58.3 Å². The first kappa shape index (κ1) is 19.0. The minimum atomic E-state index is -0.785. The number of hydrogen-bond donors (Lipinski definition) is 2. The molecule has 0 aromatic heterocycles. The van der Waals surface area contributed by atoms with E-state index in [9.17, 15) is 9.59 Å². The summed E-state index contributed by atoms with van der Waals surface area (Å²) in [5.41, 5.74) is 0. The number of carboxylic acid groups (broad SMARTS) is 1. The second kappa shape index (κ2) is 9.25. The average molecular weight is 339 g/mol. The highest BCUT2D eigenvalue weighted by atomic mass is 16.4. The van der Waals surface area contributed by atoms with Crippen molar-refractivity contribution in [3.63, 3.8) is 0 Å². The molecule has 0 heterocycles. The van der Waals surface area contributed by atoms with E-state index < -0.39 is 5.97 Å². The van der Waals surface area contributed by atoms with Gasteiger partial charge in [-0.25, -0.2) is 4.79 Å². The maximum atomic E-state index is 12.2. The van der Waals surface area contributed by atoms with E-state index in [0.29, 0.717) is 0 Å². The van der Waals surface area contributed by atoms with Crippen molar-refractivity contribution in [2.75, 3.05) is 26.7 Å². The van der Waals surface area contributed by atoms with Gasteiger partial charge in [-0.3, -0.25) is 9.69 Å². The minimum absolute atomic E-state index is 0.00976. The van der Waals surface area contributed by atoms with E-state index in [4.69, 9.17) is 5.11 Å². The summed E-state index contributed by atoms with van der Waals surface area (Å²) in [5, 5.41) is 12.0. The van der Waals surface area contributed by atoms with Gasteiger partial charge in [0, 0.05) is 25.7 Å². The summed E-state index contributed by atoms with van der Waals surface area (Å²) in [7, 11) is 1.87. The maximum absolute atomic E-state index is 12.2. The Morgan fingerprint density at radius 2 is 1.83 bits per heavy atom.